The third kappa shape index (κ3) is 3.12. The number of aromatic amines is 1. The van der Waals surface area contributed by atoms with Crippen LogP contribution in [0, 0.1) is 6.92 Å². The smallest absolute Gasteiger partial charge is 0.109 e. The van der Waals surface area contributed by atoms with E-state index in [-0.39, 0.29) is 6.04 Å². The molecule has 3 heterocycles. The third-order valence-electron chi connectivity index (χ3n) is 5.31. The molecule has 26 heavy (non-hydrogen) atoms. The number of hydrogen-bond acceptors (Lipinski definition) is 3. The number of aliphatic hydroxyl groups is 1. The van der Waals surface area contributed by atoms with E-state index in [0.29, 0.717) is 17.3 Å². The predicted octanol–water partition coefficient (Wildman–Crippen LogP) is 4.83. The number of H-pyrrole nitrogens is 1. The van der Waals surface area contributed by atoms with Crippen molar-refractivity contribution in [2.75, 3.05) is 13.1 Å². The van der Waals surface area contributed by atoms with E-state index < -0.39 is 6.10 Å². The number of pyridine rings is 1. The molecule has 4 nitrogen and oxygen atoms in total. The van der Waals surface area contributed by atoms with Crippen molar-refractivity contribution in [1.82, 2.24) is 14.9 Å². The Morgan fingerprint density at radius 3 is 2.88 bits per heavy atom. The number of rotatable bonds is 3. The van der Waals surface area contributed by atoms with Crippen LogP contribution in [-0.2, 0) is 6.42 Å². The monoisotopic (exact) mass is 389 g/mol. The minimum absolute atomic E-state index is 0.188. The van der Waals surface area contributed by atoms with Gasteiger partial charge in [-0.1, -0.05) is 23.2 Å². The van der Waals surface area contributed by atoms with Gasteiger partial charge < -0.3 is 10.1 Å². The van der Waals surface area contributed by atoms with Crippen molar-refractivity contribution in [1.29, 1.82) is 0 Å². The fourth-order valence-electron chi connectivity index (χ4n) is 3.81. The molecule has 1 aliphatic rings. The normalized spacial score (nSPS) is 18.9. The molecule has 0 saturated heterocycles. The molecule has 2 unspecified atom stereocenters. The number of nitrogens with one attached hydrogen (secondary N) is 1. The summed E-state index contributed by atoms with van der Waals surface area (Å²) in [7, 11) is 0. The summed E-state index contributed by atoms with van der Waals surface area (Å²) < 4.78 is 0. The van der Waals surface area contributed by atoms with E-state index >= 15 is 0 Å². The van der Waals surface area contributed by atoms with E-state index in [4.69, 9.17) is 23.2 Å². The lowest BCUT2D eigenvalue weighted by Crippen LogP contribution is -2.37. The predicted molar refractivity (Wildman–Crippen MR) is 106 cm³/mol. The number of hydrogen-bond donors (Lipinski definition) is 2. The Morgan fingerprint density at radius 1 is 1.31 bits per heavy atom. The second-order valence-electron chi connectivity index (χ2n) is 6.95. The van der Waals surface area contributed by atoms with Crippen molar-refractivity contribution >= 4 is 34.1 Å². The highest BCUT2D eigenvalue weighted by Gasteiger charge is 2.29. The number of halogens is 2. The van der Waals surface area contributed by atoms with Gasteiger partial charge in [-0.3, -0.25) is 9.88 Å². The van der Waals surface area contributed by atoms with Crippen molar-refractivity contribution in [2.45, 2.75) is 32.4 Å². The van der Waals surface area contributed by atoms with Crippen LogP contribution >= 0.6 is 23.2 Å². The topological polar surface area (TPSA) is 52.2 Å². The Labute approximate surface area is 162 Å². The summed E-state index contributed by atoms with van der Waals surface area (Å²) >= 11 is 12.2. The lowest BCUT2D eigenvalue weighted by Gasteiger charge is -2.34. The summed E-state index contributed by atoms with van der Waals surface area (Å²) in [6.45, 7) is 5.44. The first-order valence-electron chi connectivity index (χ1n) is 8.79. The van der Waals surface area contributed by atoms with Gasteiger partial charge in [-0.05, 0) is 56.2 Å². The number of β-amino-alcohol motifs (C(OH)–C–C–N with tert-alkyl or cyclic N) is 1. The maximum Gasteiger partial charge on any atom is 0.109 e. The fraction of sp³-hybridized carbons (Fsp3) is 0.350. The molecule has 0 fully saturated rings. The largest absolute Gasteiger partial charge is 0.385 e. The van der Waals surface area contributed by atoms with Crippen molar-refractivity contribution < 1.29 is 5.11 Å². The molecule has 4 rings (SSSR count). The van der Waals surface area contributed by atoms with Gasteiger partial charge in [-0.25, -0.2) is 0 Å². The molecule has 1 aromatic carbocycles. The lowest BCUT2D eigenvalue weighted by atomic mass is 9.97. The number of aromatic nitrogens is 2. The molecule has 0 radical (unpaired) electrons. The molecular weight excluding hydrogens is 369 g/mol. The van der Waals surface area contributed by atoms with Crippen molar-refractivity contribution in [3.05, 3.63) is 63.0 Å². The van der Waals surface area contributed by atoms with Crippen LogP contribution in [-0.4, -0.2) is 33.1 Å². The van der Waals surface area contributed by atoms with E-state index in [1.165, 1.54) is 16.6 Å². The molecule has 2 N–H and O–H groups in total. The molecule has 2 aromatic heterocycles. The number of nitrogens with zero attached hydrogens (tertiary/aromatic N) is 2. The summed E-state index contributed by atoms with van der Waals surface area (Å²) in [6, 6.07) is 9.75. The standard InChI is InChI=1S/C20H21Cl2N3O/c1-11-16(22)4-6-18(23-11)19(26)10-25-8-7-14-15-9-13(21)3-5-17(15)24-20(14)12(25)2/h3-6,9,12,19,24,26H,7-8,10H2,1-2H3. The molecule has 1 aliphatic heterocycles. The van der Waals surface area contributed by atoms with Gasteiger partial charge in [0.05, 0.1) is 16.4 Å². The number of aryl methyl sites for hydroxylation is 1. The highest BCUT2D eigenvalue weighted by atomic mass is 35.5. The summed E-state index contributed by atoms with van der Waals surface area (Å²) in [5.74, 6) is 0. The fourth-order valence-corrected chi connectivity index (χ4v) is 4.09. The van der Waals surface area contributed by atoms with Gasteiger partial charge in [0.15, 0.2) is 0 Å². The Kier molecular flexibility index (Phi) is 4.70. The van der Waals surface area contributed by atoms with Gasteiger partial charge in [0.25, 0.3) is 0 Å². The first-order valence-corrected chi connectivity index (χ1v) is 9.55. The maximum absolute atomic E-state index is 10.7. The molecule has 3 aromatic rings. The van der Waals surface area contributed by atoms with E-state index in [1.54, 1.807) is 12.1 Å². The van der Waals surface area contributed by atoms with E-state index in [2.05, 4.69) is 21.8 Å². The molecule has 0 spiro atoms. The van der Waals surface area contributed by atoms with Gasteiger partial charge in [-0.15, -0.1) is 0 Å². The zero-order valence-corrected chi connectivity index (χ0v) is 16.3. The SMILES string of the molecule is Cc1nc(C(O)CN2CCc3c([nH]c4ccc(Cl)cc34)C2C)ccc1Cl. The van der Waals surface area contributed by atoms with Crippen LogP contribution in [0.3, 0.4) is 0 Å². The second kappa shape index (κ2) is 6.86. The number of fused-ring (bicyclic) bond motifs is 3. The molecule has 0 bridgehead atoms. The summed E-state index contributed by atoms with van der Waals surface area (Å²) in [6.07, 6.45) is 0.286. The van der Waals surface area contributed by atoms with Gasteiger partial charge in [-0.2, -0.15) is 0 Å². The van der Waals surface area contributed by atoms with Crippen LogP contribution in [0.1, 0.15) is 41.7 Å². The third-order valence-corrected chi connectivity index (χ3v) is 5.94. The summed E-state index contributed by atoms with van der Waals surface area (Å²) in [5, 5.41) is 13.2. The van der Waals surface area contributed by atoms with Crippen LogP contribution in [0.5, 0.6) is 0 Å². The molecule has 0 saturated carbocycles. The van der Waals surface area contributed by atoms with Crippen molar-refractivity contribution in [3.8, 4) is 0 Å². The summed E-state index contributed by atoms with van der Waals surface area (Å²) in [4.78, 5) is 10.2. The first-order chi connectivity index (χ1) is 12.4. The number of aliphatic hydroxyl groups excluding tert-OH is 1. The van der Waals surface area contributed by atoms with Crippen molar-refractivity contribution in [3.63, 3.8) is 0 Å². The lowest BCUT2D eigenvalue weighted by molar-refractivity contribution is 0.0829. The zero-order valence-electron chi connectivity index (χ0n) is 14.8. The highest BCUT2D eigenvalue weighted by molar-refractivity contribution is 6.31. The molecular formula is C20H21Cl2N3O. The van der Waals surface area contributed by atoms with Crippen molar-refractivity contribution in [2.24, 2.45) is 0 Å². The van der Waals surface area contributed by atoms with Gasteiger partial charge in [0, 0.05) is 40.8 Å². The van der Waals surface area contributed by atoms with Gasteiger partial charge >= 0.3 is 0 Å². The molecule has 136 valence electrons. The Bertz CT molecular complexity index is 969. The molecule has 6 heteroatoms. The van der Waals surface area contributed by atoms with Crippen LogP contribution < -0.4 is 0 Å². The summed E-state index contributed by atoms with van der Waals surface area (Å²) in [5.41, 5.74) is 5.06. The molecule has 0 amide bonds. The van der Waals surface area contributed by atoms with Crippen LogP contribution in [0.2, 0.25) is 10.0 Å². The van der Waals surface area contributed by atoms with Crippen LogP contribution in [0.4, 0.5) is 0 Å². The molecule has 2 atom stereocenters. The highest BCUT2D eigenvalue weighted by Crippen LogP contribution is 2.36. The second-order valence-corrected chi connectivity index (χ2v) is 7.79. The van der Waals surface area contributed by atoms with Crippen LogP contribution in [0.25, 0.3) is 10.9 Å². The maximum atomic E-state index is 10.7. The van der Waals surface area contributed by atoms with E-state index in [9.17, 15) is 5.11 Å². The zero-order chi connectivity index (χ0) is 18.4. The minimum Gasteiger partial charge on any atom is -0.385 e. The van der Waals surface area contributed by atoms with Gasteiger partial charge in [0.2, 0.25) is 0 Å². The quantitative estimate of drug-likeness (QED) is 0.674. The Hall–Kier alpha value is -1.59. The minimum atomic E-state index is -0.645. The average Bonchev–Trinajstić information content (AvgIpc) is 2.98. The number of benzene rings is 1. The van der Waals surface area contributed by atoms with Crippen LogP contribution in [0.15, 0.2) is 30.3 Å². The van der Waals surface area contributed by atoms with E-state index in [1.807, 2.05) is 25.1 Å². The Balaban J connectivity index is 1.58. The van der Waals surface area contributed by atoms with E-state index in [0.717, 1.165) is 29.2 Å². The van der Waals surface area contributed by atoms with Gasteiger partial charge in [0.1, 0.15) is 6.10 Å². The Morgan fingerprint density at radius 2 is 2.12 bits per heavy atom. The first kappa shape index (κ1) is 17.8. The molecule has 0 aliphatic carbocycles. The average molecular weight is 390 g/mol.